The van der Waals surface area contributed by atoms with Crippen molar-refractivity contribution >= 4 is 17.7 Å². The number of carboxylic acid groups (broad SMARTS) is 1. The molecule has 1 atom stereocenters. The van der Waals surface area contributed by atoms with Crippen LogP contribution in [-0.2, 0) is 19.1 Å². The van der Waals surface area contributed by atoms with Gasteiger partial charge in [-0.3, -0.25) is 14.4 Å². The molecule has 26 heavy (non-hydrogen) atoms. The number of rotatable bonds is 7. The van der Waals surface area contributed by atoms with E-state index < -0.39 is 17.9 Å². The van der Waals surface area contributed by atoms with Crippen LogP contribution >= 0.6 is 0 Å². The highest BCUT2D eigenvalue weighted by molar-refractivity contribution is 5.89. The number of ketones is 1. The zero-order valence-electron chi connectivity index (χ0n) is 14.5. The van der Waals surface area contributed by atoms with Gasteiger partial charge in [0.15, 0.2) is 0 Å². The number of fused-ring (bicyclic) bond motifs is 3. The van der Waals surface area contributed by atoms with Crippen molar-refractivity contribution in [2.45, 2.75) is 25.2 Å². The summed E-state index contributed by atoms with van der Waals surface area (Å²) in [4.78, 5) is 35.3. The van der Waals surface area contributed by atoms with Crippen molar-refractivity contribution in [2.75, 3.05) is 7.11 Å². The van der Waals surface area contributed by atoms with Gasteiger partial charge in [-0.05, 0) is 22.3 Å². The van der Waals surface area contributed by atoms with E-state index in [-0.39, 0.29) is 31.0 Å². The molecule has 5 nitrogen and oxygen atoms in total. The fourth-order valence-electron chi connectivity index (χ4n) is 3.60. The average Bonchev–Trinajstić information content (AvgIpc) is 2.95. The number of benzene rings is 2. The van der Waals surface area contributed by atoms with E-state index in [2.05, 4.69) is 4.74 Å². The van der Waals surface area contributed by atoms with E-state index in [4.69, 9.17) is 0 Å². The number of aliphatic carboxylic acids is 1. The van der Waals surface area contributed by atoms with Gasteiger partial charge < -0.3 is 9.84 Å². The van der Waals surface area contributed by atoms with Crippen molar-refractivity contribution in [1.82, 2.24) is 0 Å². The van der Waals surface area contributed by atoms with Crippen molar-refractivity contribution < 1.29 is 24.2 Å². The molecule has 0 radical (unpaired) electrons. The summed E-state index contributed by atoms with van der Waals surface area (Å²) in [6.07, 6.45) is -0.250. The van der Waals surface area contributed by atoms with Crippen LogP contribution in [0.4, 0.5) is 0 Å². The molecule has 0 saturated heterocycles. The molecule has 0 bridgehead atoms. The topological polar surface area (TPSA) is 80.7 Å². The van der Waals surface area contributed by atoms with Gasteiger partial charge in [0.2, 0.25) is 0 Å². The van der Waals surface area contributed by atoms with E-state index in [1.165, 1.54) is 7.11 Å². The van der Waals surface area contributed by atoms with Crippen molar-refractivity contribution in [1.29, 1.82) is 0 Å². The molecule has 2 aromatic rings. The largest absolute Gasteiger partial charge is 0.481 e. The predicted octanol–water partition coefficient (Wildman–Crippen LogP) is 3.41. The lowest BCUT2D eigenvalue weighted by Crippen LogP contribution is -2.22. The molecule has 1 aliphatic rings. The number of carbonyl (C=O) groups excluding carboxylic acids is 2. The highest BCUT2D eigenvalue weighted by atomic mass is 16.5. The highest BCUT2D eigenvalue weighted by Gasteiger charge is 2.31. The van der Waals surface area contributed by atoms with Crippen LogP contribution in [0.1, 0.15) is 36.3 Å². The molecule has 1 N–H and O–H groups in total. The third kappa shape index (κ3) is 3.52. The molecule has 0 fully saturated rings. The Labute approximate surface area is 151 Å². The van der Waals surface area contributed by atoms with E-state index >= 15 is 0 Å². The molecule has 0 unspecified atom stereocenters. The zero-order valence-corrected chi connectivity index (χ0v) is 14.5. The first-order valence-corrected chi connectivity index (χ1v) is 8.50. The Balaban J connectivity index is 1.79. The Kier molecular flexibility index (Phi) is 5.16. The summed E-state index contributed by atoms with van der Waals surface area (Å²) in [6, 6.07) is 15.9. The molecule has 0 amide bonds. The van der Waals surface area contributed by atoms with Crippen LogP contribution in [-0.4, -0.2) is 29.9 Å². The summed E-state index contributed by atoms with van der Waals surface area (Å²) in [7, 11) is 1.20. The van der Waals surface area contributed by atoms with Crippen molar-refractivity contribution in [3.63, 3.8) is 0 Å². The maximum atomic E-state index is 12.6. The van der Waals surface area contributed by atoms with Crippen LogP contribution < -0.4 is 0 Å². The summed E-state index contributed by atoms with van der Waals surface area (Å²) < 4.78 is 4.53. The van der Waals surface area contributed by atoms with Crippen molar-refractivity contribution in [3.05, 3.63) is 59.7 Å². The summed E-state index contributed by atoms with van der Waals surface area (Å²) in [5.41, 5.74) is 4.40. The number of hydrogen-bond acceptors (Lipinski definition) is 4. The molecule has 0 aromatic heterocycles. The van der Waals surface area contributed by atoms with Crippen LogP contribution in [0.2, 0.25) is 0 Å². The summed E-state index contributed by atoms with van der Waals surface area (Å²) in [5, 5.41) is 9.28. The Morgan fingerprint density at radius 3 is 2.00 bits per heavy atom. The second kappa shape index (κ2) is 7.52. The van der Waals surface area contributed by atoms with Crippen molar-refractivity contribution in [2.24, 2.45) is 5.92 Å². The normalized spacial score (nSPS) is 13.6. The Bertz CT molecular complexity index is 809. The van der Waals surface area contributed by atoms with Gasteiger partial charge in [-0.15, -0.1) is 0 Å². The van der Waals surface area contributed by atoms with Gasteiger partial charge in [0.25, 0.3) is 0 Å². The van der Waals surface area contributed by atoms with E-state index in [9.17, 15) is 19.5 Å². The monoisotopic (exact) mass is 352 g/mol. The summed E-state index contributed by atoms with van der Waals surface area (Å²) in [5.74, 6) is -3.08. The number of ether oxygens (including phenoxy) is 1. The van der Waals surface area contributed by atoms with Crippen LogP contribution in [0.5, 0.6) is 0 Å². The standard InChI is InChI=1S/C21H20O5/c1-26-20(23)11-13(21(24)25)10-14(22)12-19-17-8-4-2-6-15(17)16-7-3-5-9-18(16)19/h2-9,13,19H,10-12H2,1H3,(H,24,25)/t13-/m0/s1. The van der Waals surface area contributed by atoms with Gasteiger partial charge in [0, 0.05) is 18.8 Å². The Hall–Kier alpha value is -2.95. The SMILES string of the molecule is COC(=O)C[C@H](CC(=O)CC1c2ccccc2-c2ccccc21)C(=O)O. The van der Waals surface area contributed by atoms with Gasteiger partial charge in [0.05, 0.1) is 19.4 Å². The molecular formula is C21H20O5. The van der Waals surface area contributed by atoms with Crippen LogP contribution in [0.25, 0.3) is 11.1 Å². The van der Waals surface area contributed by atoms with E-state index in [1.54, 1.807) is 0 Å². The van der Waals surface area contributed by atoms with Gasteiger partial charge in [-0.1, -0.05) is 48.5 Å². The minimum Gasteiger partial charge on any atom is -0.481 e. The van der Waals surface area contributed by atoms with Gasteiger partial charge in [-0.2, -0.15) is 0 Å². The Morgan fingerprint density at radius 1 is 0.962 bits per heavy atom. The molecule has 0 saturated carbocycles. The first-order chi connectivity index (χ1) is 12.5. The maximum absolute atomic E-state index is 12.6. The second-order valence-corrected chi connectivity index (χ2v) is 6.49. The lowest BCUT2D eigenvalue weighted by Gasteiger charge is -2.15. The predicted molar refractivity (Wildman–Crippen MR) is 95.7 cm³/mol. The molecule has 134 valence electrons. The van der Waals surface area contributed by atoms with E-state index in [0.29, 0.717) is 0 Å². The van der Waals surface area contributed by atoms with Crippen LogP contribution in [0, 0.1) is 5.92 Å². The van der Waals surface area contributed by atoms with E-state index in [0.717, 1.165) is 22.3 Å². The number of carboxylic acids is 1. The summed E-state index contributed by atoms with van der Waals surface area (Å²) >= 11 is 0. The minimum atomic E-state index is -1.16. The van der Waals surface area contributed by atoms with Crippen LogP contribution in [0.15, 0.2) is 48.5 Å². The third-order valence-corrected chi connectivity index (χ3v) is 4.86. The fourth-order valence-corrected chi connectivity index (χ4v) is 3.60. The Morgan fingerprint density at radius 2 is 1.50 bits per heavy atom. The number of hydrogen-bond donors (Lipinski definition) is 1. The molecule has 5 heteroatoms. The zero-order chi connectivity index (χ0) is 18.7. The molecule has 0 heterocycles. The molecule has 3 rings (SSSR count). The molecule has 1 aliphatic carbocycles. The van der Waals surface area contributed by atoms with Gasteiger partial charge >= 0.3 is 11.9 Å². The smallest absolute Gasteiger partial charge is 0.307 e. The second-order valence-electron chi connectivity index (χ2n) is 6.49. The van der Waals surface area contributed by atoms with Crippen molar-refractivity contribution in [3.8, 4) is 11.1 Å². The number of methoxy groups -OCH3 is 1. The van der Waals surface area contributed by atoms with Gasteiger partial charge in [-0.25, -0.2) is 0 Å². The maximum Gasteiger partial charge on any atom is 0.307 e. The first-order valence-electron chi connectivity index (χ1n) is 8.50. The molecule has 2 aromatic carbocycles. The lowest BCUT2D eigenvalue weighted by atomic mass is 9.88. The van der Waals surface area contributed by atoms with E-state index in [1.807, 2.05) is 48.5 Å². The first kappa shape index (κ1) is 17.9. The number of esters is 1. The van der Waals surface area contributed by atoms with Crippen LogP contribution in [0.3, 0.4) is 0 Å². The fraction of sp³-hybridized carbons (Fsp3) is 0.286. The number of carbonyl (C=O) groups is 3. The number of Topliss-reactive ketones (excluding diaryl/α,β-unsaturated/α-hetero) is 1. The quantitative estimate of drug-likeness (QED) is 0.772. The summed E-state index contributed by atoms with van der Waals surface area (Å²) in [6.45, 7) is 0. The van der Waals surface area contributed by atoms with Gasteiger partial charge in [0.1, 0.15) is 5.78 Å². The third-order valence-electron chi connectivity index (χ3n) is 4.86. The molecule has 0 spiro atoms. The average molecular weight is 352 g/mol. The highest BCUT2D eigenvalue weighted by Crippen LogP contribution is 2.46. The minimum absolute atomic E-state index is 0.0810. The lowest BCUT2D eigenvalue weighted by molar-refractivity contribution is -0.151. The molecular weight excluding hydrogens is 332 g/mol. The molecule has 0 aliphatic heterocycles.